The Balaban J connectivity index is 1.54. The van der Waals surface area contributed by atoms with Crippen molar-refractivity contribution in [1.82, 2.24) is 0 Å². The number of rotatable bonds is 4. The maximum Gasteiger partial charge on any atom is 0.305 e. The van der Waals surface area contributed by atoms with Crippen LogP contribution in [0.15, 0.2) is 0 Å². The monoisotopic (exact) mass is 424 g/mol. The second kappa shape index (κ2) is 8.03. The number of esters is 1. The Morgan fingerprint density at radius 3 is 2.47 bits per heavy atom. The summed E-state index contributed by atoms with van der Waals surface area (Å²) < 4.78 is 19.4. The maximum atomic E-state index is 14.6. The van der Waals surface area contributed by atoms with Crippen LogP contribution < -0.4 is 0 Å². The fourth-order valence-corrected chi connectivity index (χ4v) is 8.82. The van der Waals surface area contributed by atoms with Crippen molar-refractivity contribution in [3.63, 3.8) is 0 Å². The average Bonchev–Trinajstić information content (AvgIpc) is 3.05. The number of aliphatic hydroxyl groups excluding tert-OH is 2. The summed E-state index contributed by atoms with van der Waals surface area (Å²) in [5, 5.41) is 21.4. The average molecular weight is 425 g/mol. The van der Waals surface area contributed by atoms with Crippen molar-refractivity contribution in [3.8, 4) is 0 Å². The standard InChI is InChI=1S/C25H41FO4/c1-14(5-8-22(29)30-4)16-6-7-17-23-18(9-10-24(16,17)2)25(3)13-19(26)20(27)11-15(25)12-21(23)28/h14-21,23,27-28H,5-13H2,1-4H3/t14-,15+,16-,17?,18?,19-,20+,21-,23?,24-,25+/m1/s1. The molecule has 11 atom stereocenters. The minimum atomic E-state index is -1.13. The van der Waals surface area contributed by atoms with Gasteiger partial charge in [-0.2, -0.15) is 0 Å². The molecule has 4 fully saturated rings. The third-order valence-corrected chi connectivity index (χ3v) is 10.5. The van der Waals surface area contributed by atoms with E-state index in [1.54, 1.807) is 0 Å². The Kier molecular flexibility index (Phi) is 6.02. The van der Waals surface area contributed by atoms with Gasteiger partial charge in [-0.25, -0.2) is 4.39 Å². The van der Waals surface area contributed by atoms with Crippen molar-refractivity contribution >= 4 is 5.97 Å². The van der Waals surface area contributed by atoms with Gasteiger partial charge in [-0.1, -0.05) is 20.8 Å². The summed E-state index contributed by atoms with van der Waals surface area (Å²) in [5.74, 6) is 2.17. The molecule has 4 aliphatic carbocycles. The molecule has 4 rings (SSSR count). The Bertz CT molecular complexity index is 655. The Morgan fingerprint density at radius 2 is 1.77 bits per heavy atom. The minimum Gasteiger partial charge on any atom is -0.469 e. The molecule has 0 radical (unpaired) electrons. The Labute approximate surface area is 181 Å². The lowest BCUT2D eigenvalue weighted by molar-refractivity contribution is -0.186. The van der Waals surface area contributed by atoms with Crippen LogP contribution in [0.5, 0.6) is 0 Å². The van der Waals surface area contributed by atoms with Crippen LogP contribution in [0.1, 0.15) is 78.6 Å². The third kappa shape index (κ3) is 3.43. The summed E-state index contributed by atoms with van der Waals surface area (Å²) in [6, 6.07) is 0. The normalized spacial score (nSPS) is 51.4. The van der Waals surface area contributed by atoms with E-state index in [1.165, 1.54) is 7.11 Å². The van der Waals surface area contributed by atoms with Crippen LogP contribution in [-0.2, 0) is 9.53 Å². The summed E-state index contributed by atoms with van der Waals surface area (Å²) in [6.45, 7) is 6.94. The first-order valence-corrected chi connectivity index (χ1v) is 12.2. The summed E-state index contributed by atoms with van der Waals surface area (Å²) in [4.78, 5) is 11.6. The molecule has 4 saturated carbocycles. The van der Waals surface area contributed by atoms with Crippen molar-refractivity contribution in [2.45, 2.75) is 96.9 Å². The van der Waals surface area contributed by atoms with E-state index in [9.17, 15) is 19.4 Å². The lowest BCUT2D eigenvalue weighted by atomic mass is 9.43. The van der Waals surface area contributed by atoms with Gasteiger partial charge < -0.3 is 14.9 Å². The lowest BCUT2D eigenvalue weighted by Crippen LogP contribution is -2.60. The van der Waals surface area contributed by atoms with Crippen LogP contribution in [0, 0.1) is 46.3 Å². The number of halogens is 1. The number of hydrogen-bond donors (Lipinski definition) is 2. The molecule has 3 unspecified atom stereocenters. The van der Waals surface area contributed by atoms with E-state index in [2.05, 4.69) is 20.8 Å². The zero-order valence-corrected chi connectivity index (χ0v) is 19.1. The largest absolute Gasteiger partial charge is 0.469 e. The van der Waals surface area contributed by atoms with Gasteiger partial charge in [-0.15, -0.1) is 0 Å². The molecule has 0 amide bonds. The molecular weight excluding hydrogens is 383 g/mol. The molecule has 0 heterocycles. The quantitative estimate of drug-likeness (QED) is 0.652. The lowest BCUT2D eigenvalue weighted by Gasteiger charge is -2.62. The van der Waals surface area contributed by atoms with Crippen molar-refractivity contribution < 1.29 is 24.1 Å². The second-order valence-corrected chi connectivity index (χ2v) is 11.6. The highest BCUT2D eigenvalue weighted by molar-refractivity contribution is 5.69. The van der Waals surface area contributed by atoms with Gasteiger partial charge in [0.1, 0.15) is 6.17 Å². The van der Waals surface area contributed by atoms with Crippen molar-refractivity contribution in [2.75, 3.05) is 7.11 Å². The molecule has 0 aromatic carbocycles. The number of carbonyl (C=O) groups is 1. The van der Waals surface area contributed by atoms with E-state index in [4.69, 9.17) is 4.74 Å². The Morgan fingerprint density at radius 1 is 1.10 bits per heavy atom. The predicted molar refractivity (Wildman–Crippen MR) is 113 cm³/mol. The number of aliphatic hydroxyl groups is 2. The summed E-state index contributed by atoms with van der Waals surface area (Å²) in [6.07, 6.45) is 5.09. The van der Waals surface area contributed by atoms with Crippen molar-refractivity contribution in [3.05, 3.63) is 0 Å². The number of methoxy groups -OCH3 is 1. The van der Waals surface area contributed by atoms with Gasteiger partial charge in [0.25, 0.3) is 0 Å². The van der Waals surface area contributed by atoms with Gasteiger partial charge in [0, 0.05) is 6.42 Å². The van der Waals surface area contributed by atoms with E-state index in [0.29, 0.717) is 49.4 Å². The molecule has 4 nitrogen and oxygen atoms in total. The number of fused-ring (bicyclic) bond motifs is 5. The number of ether oxygens (including phenoxy) is 1. The van der Waals surface area contributed by atoms with Gasteiger partial charge in [0.15, 0.2) is 0 Å². The van der Waals surface area contributed by atoms with E-state index in [1.807, 2.05) is 0 Å². The molecule has 30 heavy (non-hydrogen) atoms. The second-order valence-electron chi connectivity index (χ2n) is 11.6. The molecule has 172 valence electrons. The van der Waals surface area contributed by atoms with Crippen molar-refractivity contribution in [2.24, 2.45) is 46.3 Å². The molecule has 4 aliphatic rings. The third-order valence-electron chi connectivity index (χ3n) is 10.5. The van der Waals surface area contributed by atoms with Crippen LogP contribution in [0.4, 0.5) is 4.39 Å². The first-order valence-electron chi connectivity index (χ1n) is 12.2. The SMILES string of the molecule is COC(=O)CC[C@@H](C)[C@H]1CCC2C3C(CC[C@@]21C)[C@@]1(C)C[C@@H](F)[C@@H](O)C[C@H]1C[C@H]3O. The van der Waals surface area contributed by atoms with Gasteiger partial charge in [-0.05, 0) is 97.7 Å². The predicted octanol–water partition coefficient (Wildman–Crippen LogP) is 4.51. The minimum absolute atomic E-state index is 0.113. The molecule has 0 bridgehead atoms. The molecule has 0 aromatic rings. The summed E-state index contributed by atoms with van der Waals surface area (Å²) in [5.41, 5.74) is 0.0721. The van der Waals surface area contributed by atoms with E-state index < -0.39 is 12.3 Å². The molecule has 0 aliphatic heterocycles. The van der Waals surface area contributed by atoms with E-state index in [-0.39, 0.29) is 34.7 Å². The van der Waals surface area contributed by atoms with Gasteiger partial charge in [0.05, 0.1) is 19.3 Å². The summed E-state index contributed by atoms with van der Waals surface area (Å²) in [7, 11) is 1.45. The zero-order valence-electron chi connectivity index (χ0n) is 19.1. The van der Waals surface area contributed by atoms with Crippen LogP contribution in [0.25, 0.3) is 0 Å². The fourth-order valence-electron chi connectivity index (χ4n) is 8.82. The van der Waals surface area contributed by atoms with E-state index in [0.717, 1.165) is 32.1 Å². The maximum absolute atomic E-state index is 14.6. The van der Waals surface area contributed by atoms with Crippen LogP contribution >= 0.6 is 0 Å². The topological polar surface area (TPSA) is 66.8 Å². The molecular formula is C25H41FO4. The smallest absolute Gasteiger partial charge is 0.305 e. The molecule has 0 spiro atoms. The van der Waals surface area contributed by atoms with Gasteiger partial charge in [-0.3, -0.25) is 4.79 Å². The number of alkyl halides is 1. The highest BCUT2D eigenvalue weighted by Gasteiger charge is 2.63. The molecule has 2 N–H and O–H groups in total. The van der Waals surface area contributed by atoms with Gasteiger partial charge >= 0.3 is 5.97 Å². The molecule has 0 aromatic heterocycles. The number of hydrogen-bond acceptors (Lipinski definition) is 4. The number of carbonyl (C=O) groups excluding carboxylic acids is 1. The highest BCUT2D eigenvalue weighted by Crippen LogP contribution is 2.68. The zero-order chi connectivity index (χ0) is 21.8. The molecule has 5 heteroatoms. The van der Waals surface area contributed by atoms with Crippen LogP contribution in [0.3, 0.4) is 0 Å². The van der Waals surface area contributed by atoms with Crippen LogP contribution in [0.2, 0.25) is 0 Å². The van der Waals surface area contributed by atoms with Gasteiger partial charge in [0.2, 0.25) is 0 Å². The van der Waals surface area contributed by atoms with Crippen molar-refractivity contribution in [1.29, 1.82) is 0 Å². The molecule has 0 saturated heterocycles. The summed E-state index contributed by atoms with van der Waals surface area (Å²) >= 11 is 0. The fraction of sp³-hybridized carbons (Fsp3) is 0.960. The highest BCUT2D eigenvalue weighted by atomic mass is 19.1. The van der Waals surface area contributed by atoms with Crippen LogP contribution in [-0.4, -0.2) is 41.7 Å². The first-order chi connectivity index (χ1) is 14.1. The Hall–Kier alpha value is -0.680. The first kappa shape index (κ1) is 22.5. The van der Waals surface area contributed by atoms with E-state index >= 15 is 0 Å².